The molecule has 0 N–H and O–H groups in total. The van der Waals surface area contributed by atoms with Crippen molar-refractivity contribution in [1.82, 2.24) is 0 Å². The summed E-state index contributed by atoms with van der Waals surface area (Å²) in [5.74, 6) is -22.0. The van der Waals surface area contributed by atoms with E-state index in [-0.39, 0.29) is 11.5 Å². The van der Waals surface area contributed by atoms with Crippen LogP contribution in [0.25, 0.3) is 0 Å². The van der Waals surface area contributed by atoms with E-state index >= 15 is 0 Å². The van der Waals surface area contributed by atoms with Crippen molar-refractivity contribution in [1.29, 1.82) is 0 Å². The van der Waals surface area contributed by atoms with Crippen LogP contribution in [0.1, 0.15) is 11.1 Å². The molecule has 0 amide bonds. The molecule has 0 saturated heterocycles. The van der Waals surface area contributed by atoms with Gasteiger partial charge in [-0.2, -0.15) is 26.3 Å². The highest BCUT2D eigenvalue weighted by Crippen LogP contribution is 2.60. The molecule has 1 aliphatic rings. The first kappa shape index (κ1) is 26.1. The van der Waals surface area contributed by atoms with Gasteiger partial charge >= 0.3 is 17.8 Å². The standard InChI is InChI=1S/C25H22F6O4/c1-5-7-15-9-11-17(19(13-15)32-3)34-21-22(24(28,29)25(30,31)23(21,26)27)35-18-12-10-16(8-6-2)14-20(18)33-4/h5-6,9-14H,1-2,7-8H2,3-4H3. The summed E-state index contributed by atoms with van der Waals surface area (Å²) in [6, 6.07) is 7.87. The summed E-state index contributed by atoms with van der Waals surface area (Å²) in [7, 11) is 2.36. The monoisotopic (exact) mass is 500 g/mol. The molecular formula is C25H22F6O4. The van der Waals surface area contributed by atoms with Crippen molar-refractivity contribution in [2.45, 2.75) is 30.6 Å². The molecule has 0 unspecified atom stereocenters. The van der Waals surface area contributed by atoms with Crippen molar-refractivity contribution in [2.24, 2.45) is 0 Å². The molecule has 0 atom stereocenters. The summed E-state index contributed by atoms with van der Waals surface area (Å²) >= 11 is 0. The molecule has 0 fully saturated rings. The molecule has 0 aliphatic heterocycles. The molecule has 0 spiro atoms. The fourth-order valence-electron chi connectivity index (χ4n) is 3.39. The second kappa shape index (κ2) is 9.59. The third kappa shape index (κ3) is 4.44. The van der Waals surface area contributed by atoms with Gasteiger partial charge in [0.15, 0.2) is 23.0 Å². The Morgan fingerprint density at radius 1 is 0.657 bits per heavy atom. The van der Waals surface area contributed by atoms with Crippen LogP contribution in [-0.2, 0) is 12.8 Å². The van der Waals surface area contributed by atoms with Crippen LogP contribution in [0, 0.1) is 0 Å². The predicted octanol–water partition coefficient (Wildman–Crippen LogP) is 6.75. The summed E-state index contributed by atoms with van der Waals surface area (Å²) in [5, 5.41) is 0. The lowest BCUT2D eigenvalue weighted by molar-refractivity contribution is -0.273. The first-order valence-electron chi connectivity index (χ1n) is 10.2. The van der Waals surface area contributed by atoms with Gasteiger partial charge in [-0.1, -0.05) is 24.3 Å². The Hall–Kier alpha value is -3.56. The Morgan fingerprint density at radius 2 is 1.03 bits per heavy atom. The SMILES string of the molecule is C=CCc1ccc(OC2=C(Oc3ccc(CC=C)cc3OC)C(F)(F)C(F)(F)C2(F)F)c(OC)c1. The number of halogens is 6. The normalized spacial score (nSPS) is 17.6. The number of alkyl halides is 6. The van der Waals surface area contributed by atoms with Crippen molar-refractivity contribution in [2.75, 3.05) is 14.2 Å². The molecule has 1 aliphatic carbocycles. The number of rotatable bonds is 10. The summed E-state index contributed by atoms with van der Waals surface area (Å²) < 4.78 is 108. The summed E-state index contributed by atoms with van der Waals surface area (Å²) in [6.45, 7) is 7.14. The lowest BCUT2D eigenvalue weighted by atomic mass is 10.1. The van der Waals surface area contributed by atoms with Crippen LogP contribution in [0.15, 0.2) is 73.2 Å². The van der Waals surface area contributed by atoms with E-state index in [2.05, 4.69) is 13.2 Å². The smallest absolute Gasteiger partial charge is 0.387 e. The van der Waals surface area contributed by atoms with Crippen molar-refractivity contribution < 1.29 is 45.3 Å². The number of hydrogen-bond acceptors (Lipinski definition) is 4. The van der Waals surface area contributed by atoms with Gasteiger partial charge in [0.25, 0.3) is 0 Å². The number of methoxy groups -OCH3 is 2. The minimum Gasteiger partial charge on any atom is -0.493 e. The molecule has 0 radical (unpaired) electrons. The van der Waals surface area contributed by atoms with Crippen LogP contribution >= 0.6 is 0 Å². The fraction of sp³-hybridized carbons (Fsp3) is 0.280. The topological polar surface area (TPSA) is 36.9 Å². The highest BCUT2D eigenvalue weighted by Gasteiger charge is 2.83. The Labute approximate surface area is 198 Å². The Morgan fingerprint density at radius 3 is 1.34 bits per heavy atom. The largest absolute Gasteiger partial charge is 0.493 e. The maximum atomic E-state index is 14.7. The Kier molecular flexibility index (Phi) is 7.14. The van der Waals surface area contributed by atoms with Crippen LogP contribution in [0.2, 0.25) is 0 Å². The van der Waals surface area contributed by atoms with Crippen molar-refractivity contribution in [3.8, 4) is 23.0 Å². The van der Waals surface area contributed by atoms with Gasteiger partial charge in [-0.25, -0.2) is 0 Å². The molecular weight excluding hydrogens is 478 g/mol. The second-order valence-electron chi connectivity index (χ2n) is 7.54. The maximum Gasteiger partial charge on any atom is 0.387 e. The number of hydrogen-bond donors (Lipinski definition) is 0. The maximum absolute atomic E-state index is 14.7. The van der Waals surface area contributed by atoms with Crippen molar-refractivity contribution in [3.05, 3.63) is 84.4 Å². The molecule has 0 aromatic heterocycles. The number of allylic oxidation sites excluding steroid dienone is 4. The molecule has 0 heterocycles. The van der Waals surface area contributed by atoms with Gasteiger partial charge in [0.2, 0.25) is 11.5 Å². The summed E-state index contributed by atoms with van der Waals surface area (Å²) in [6.07, 6.45) is 3.87. The lowest BCUT2D eigenvalue weighted by Gasteiger charge is -2.24. The van der Waals surface area contributed by atoms with Gasteiger partial charge < -0.3 is 18.9 Å². The first-order chi connectivity index (χ1) is 16.4. The van der Waals surface area contributed by atoms with Crippen molar-refractivity contribution >= 4 is 0 Å². The highest BCUT2D eigenvalue weighted by molar-refractivity contribution is 5.49. The zero-order valence-corrected chi connectivity index (χ0v) is 18.8. The number of benzene rings is 2. The Balaban J connectivity index is 2.14. The molecule has 4 nitrogen and oxygen atoms in total. The van der Waals surface area contributed by atoms with E-state index in [1.807, 2.05) is 0 Å². The van der Waals surface area contributed by atoms with Gasteiger partial charge in [-0.15, -0.1) is 13.2 Å². The van der Waals surface area contributed by atoms with Crippen LogP contribution in [0.3, 0.4) is 0 Å². The second-order valence-corrected chi connectivity index (χ2v) is 7.54. The third-order valence-electron chi connectivity index (χ3n) is 5.21. The molecule has 188 valence electrons. The quantitative estimate of drug-likeness (QED) is 0.267. The molecule has 2 aromatic carbocycles. The van der Waals surface area contributed by atoms with Crippen LogP contribution in [0.5, 0.6) is 23.0 Å². The van der Waals surface area contributed by atoms with Gasteiger partial charge in [0.05, 0.1) is 14.2 Å². The van der Waals surface area contributed by atoms with E-state index in [9.17, 15) is 26.3 Å². The minimum absolute atomic E-state index is 0.142. The fourth-order valence-corrected chi connectivity index (χ4v) is 3.39. The van der Waals surface area contributed by atoms with E-state index in [1.165, 1.54) is 38.5 Å². The molecule has 0 saturated carbocycles. The molecule has 3 rings (SSSR count). The molecule has 10 heteroatoms. The van der Waals surface area contributed by atoms with Crippen molar-refractivity contribution in [3.63, 3.8) is 0 Å². The summed E-state index contributed by atoms with van der Waals surface area (Å²) in [5.41, 5.74) is 1.26. The van der Waals surface area contributed by atoms with E-state index in [4.69, 9.17) is 18.9 Å². The highest BCUT2D eigenvalue weighted by atomic mass is 19.3. The average molecular weight is 500 g/mol. The van der Waals surface area contributed by atoms with Crippen LogP contribution in [0.4, 0.5) is 26.3 Å². The average Bonchev–Trinajstić information content (AvgIpc) is 2.91. The van der Waals surface area contributed by atoms with E-state index in [0.717, 1.165) is 12.1 Å². The summed E-state index contributed by atoms with van der Waals surface area (Å²) in [4.78, 5) is 0. The van der Waals surface area contributed by atoms with Gasteiger partial charge in [0.1, 0.15) is 0 Å². The minimum atomic E-state index is -5.84. The zero-order valence-electron chi connectivity index (χ0n) is 18.8. The third-order valence-corrected chi connectivity index (χ3v) is 5.21. The predicted molar refractivity (Wildman–Crippen MR) is 117 cm³/mol. The molecule has 0 bridgehead atoms. The van der Waals surface area contributed by atoms with E-state index in [1.54, 1.807) is 12.2 Å². The lowest BCUT2D eigenvalue weighted by Crippen LogP contribution is -2.50. The van der Waals surface area contributed by atoms with E-state index in [0.29, 0.717) is 24.0 Å². The number of ether oxygens (including phenoxy) is 4. The van der Waals surface area contributed by atoms with Crippen LogP contribution < -0.4 is 18.9 Å². The molecule has 2 aromatic rings. The van der Waals surface area contributed by atoms with E-state index < -0.39 is 40.8 Å². The van der Waals surface area contributed by atoms with Gasteiger partial charge in [0, 0.05) is 0 Å². The Bertz CT molecular complexity index is 1070. The van der Waals surface area contributed by atoms with Gasteiger partial charge in [-0.3, -0.25) is 0 Å². The molecule has 35 heavy (non-hydrogen) atoms. The van der Waals surface area contributed by atoms with Crippen LogP contribution in [-0.4, -0.2) is 32.0 Å². The first-order valence-corrected chi connectivity index (χ1v) is 10.2. The zero-order chi connectivity index (χ0) is 26.0. The van der Waals surface area contributed by atoms with Gasteiger partial charge in [-0.05, 0) is 48.2 Å².